The highest BCUT2D eigenvalue weighted by atomic mass is 16.5. The molecule has 3 fully saturated rings. The van der Waals surface area contributed by atoms with Gasteiger partial charge in [0.1, 0.15) is 0 Å². The van der Waals surface area contributed by atoms with Crippen molar-refractivity contribution in [1.82, 2.24) is 0 Å². The monoisotopic (exact) mass is 366 g/mol. The lowest BCUT2D eigenvalue weighted by molar-refractivity contribution is -0.212. The quantitative estimate of drug-likeness (QED) is 0.689. The normalized spacial score (nSPS) is 39.1. The average molecular weight is 367 g/mol. The van der Waals surface area contributed by atoms with Crippen LogP contribution in [0.2, 0.25) is 0 Å². The molecule has 5 atom stereocenters. The van der Waals surface area contributed by atoms with E-state index in [1.54, 1.807) is 0 Å². The van der Waals surface area contributed by atoms with E-state index in [0.717, 1.165) is 12.8 Å². The van der Waals surface area contributed by atoms with Gasteiger partial charge in [0.15, 0.2) is 0 Å². The standard InChI is InChI=1S/C23H42O3/c1-5-10-16(24)15-25-21-17-11-6-8-13-19(17)22(26-23(2,3)4)20-14-9-7-12-18(20)21/h16-22,24H,5-15H2,1-4H3. The molecule has 1 N–H and O–H groups in total. The molecular weight excluding hydrogens is 324 g/mol. The number of hydrogen-bond acceptors (Lipinski definition) is 3. The van der Waals surface area contributed by atoms with Crippen LogP contribution >= 0.6 is 0 Å². The molecule has 0 bridgehead atoms. The van der Waals surface area contributed by atoms with Crippen molar-refractivity contribution in [3.63, 3.8) is 0 Å². The fourth-order valence-electron chi connectivity index (χ4n) is 6.11. The van der Waals surface area contributed by atoms with E-state index in [0.29, 0.717) is 42.5 Å². The van der Waals surface area contributed by atoms with Gasteiger partial charge in [-0.3, -0.25) is 0 Å². The smallest absolute Gasteiger partial charge is 0.0773 e. The maximum Gasteiger partial charge on any atom is 0.0773 e. The van der Waals surface area contributed by atoms with E-state index >= 15 is 0 Å². The zero-order valence-electron chi connectivity index (χ0n) is 17.6. The predicted molar refractivity (Wildman–Crippen MR) is 106 cm³/mol. The Morgan fingerprint density at radius 3 is 1.73 bits per heavy atom. The Balaban J connectivity index is 1.79. The highest BCUT2D eigenvalue weighted by molar-refractivity contribution is 5.02. The van der Waals surface area contributed by atoms with Gasteiger partial charge in [0, 0.05) is 0 Å². The zero-order chi connectivity index (χ0) is 18.7. The number of ether oxygens (including phenoxy) is 2. The summed E-state index contributed by atoms with van der Waals surface area (Å²) in [6.07, 6.45) is 12.8. The fraction of sp³-hybridized carbons (Fsp3) is 1.00. The third-order valence-electron chi connectivity index (χ3n) is 7.03. The highest BCUT2D eigenvalue weighted by Gasteiger charge is 2.53. The first kappa shape index (κ1) is 20.6. The second kappa shape index (κ2) is 8.92. The molecule has 0 saturated heterocycles. The molecule has 0 aromatic heterocycles. The first-order valence-corrected chi connectivity index (χ1v) is 11.4. The number of aliphatic hydroxyl groups excluding tert-OH is 1. The summed E-state index contributed by atoms with van der Waals surface area (Å²) in [7, 11) is 0. The molecule has 3 heteroatoms. The van der Waals surface area contributed by atoms with Crippen molar-refractivity contribution in [3.05, 3.63) is 0 Å². The summed E-state index contributed by atoms with van der Waals surface area (Å²) >= 11 is 0. The first-order valence-electron chi connectivity index (χ1n) is 11.4. The molecule has 0 aromatic carbocycles. The Hall–Kier alpha value is -0.120. The van der Waals surface area contributed by atoms with E-state index in [1.165, 1.54) is 51.4 Å². The summed E-state index contributed by atoms with van der Waals surface area (Å²) in [5.74, 6) is 2.56. The van der Waals surface area contributed by atoms with Gasteiger partial charge in [-0.1, -0.05) is 39.0 Å². The van der Waals surface area contributed by atoms with Gasteiger partial charge in [0.05, 0.1) is 30.5 Å². The Labute approximate surface area is 161 Å². The van der Waals surface area contributed by atoms with E-state index in [9.17, 15) is 5.11 Å². The molecule has 3 saturated carbocycles. The second-order valence-electron chi connectivity index (χ2n) is 10.2. The second-order valence-corrected chi connectivity index (χ2v) is 10.2. The molecule has 0 heterocycles. The third-order valence-corrected chi connectivity index (χ3v) is 7.03. The van der Waals surface area contributed by atoms with Crippen LogP contribution in [0.3, 0.4) is 0 Å². The molecule has 0 aromatic rings. The van der Waals surface area contributed by atoms with Crippen LogP contribution in [0.4, 0.5) is 0 Å². The summed E-state index contributed by atoms with van der Waals surface area (Å²) in [5, 5.41) is 10.2. The predicted octanol–water partition coefficient (Wildman–Crippen LogP) is 5.34. The van der Waals surface area contributed by atoms with Crippen LogP contribution in [0.25, 0.3) is 0 Å². The van der Waals surface area contributed by atoms with Crippen molar-refractivity contribution in [1.29, 1.82) is 0 Å². The summed E-state index contributed by atoms with van der Waals surface area (Å²) < 4.78 is 13.2. The minimum Gasteiger partial charge on any atom is -0.391 e. The molecule has 5 unspecified atom stereocenters. The molecule has 0 aliphatic heterocycles. The molecule has 0 radical (unpaired) electrons. The van der Waals surface area contributed by atoms with Gasteiger partial charge < -0.3 is 14.6 Å². The van der Waals surface area contributed by atoms with E-state index in [2.05, 4.69) is 27.7 Å². The number of fused-ring (bicyclic) bond motifs is 2. The highest BCUT2D eigenvalue weighted by Crippen LogP contribution is 2.53. The molecule has 0 amide bonds. The summed E-state index contributed by atoms with van der Waals surface area (Å²) in [6, 6.07) is 0. The molecule has 3 aliphatic carbocycles. The summed E-state index contributed by atoms with van der Waals surface area (Å²) in [6.45, 7) is 9.30. The van der Waals surface area contributed by atoms with Gasteiger partial charge in [-0.2, -0.15) is 0 Å². The number of rotatable bonds is 6. The fourth-order valence-corrected chi connectivity index (χ4v) is 6.11. The van der Waals surface area contributed by atoms with Crippen molar-refractivity contribution >= 4 is 0 Å². The molecular formula is C23H42O3. The Bertz CT molecular complexity index is 406. The van der Waals surface area contributed by atoms with E-state index in [-0.39, 0.29) is 11.7 Å². The molecule has 26 heavy (non-hydrogen) atoms. The van der Waals surface area contributed by atoms with Crippen LogP contribution in [0.15, 0.2) is 0 Å². The van der Waals surface area contributed by atoms with Gasteiger partial charge in [0.25, 0.3) is 0 Å². The SMILES string of the molecule is CCCC(O)COC1C2CCCCC2C(OC(C)(C)C)C2CCCCC21. The molecule has 3 aliphatic rings. The van der Waals surface area contributed by atoms with Crippen LogP contribution in [-0.2, 0) is 9.47 Å². The summed E-state index contributed by atoms with van der Waals surface area (Å²) in [5.41, 5.74) is -0.0698. The maximum atomic E-state index is 10.2. The van der Waals surface area contributed by atoms with Crippen LogP contribution in [-0.4, -0.2) is 35.6 Å². The largest absolute Gasteiger partial charge is 0.391 e. The molecule has 3 rings (SSSR count). The van der Waals surface area contributed by atoms with E-state index in [1.807, 2.05) is 0 Å². The van der Waals surface area contributed by atoms with Crippen molar-refractivity contribution in [2.45, 2.75) is 116 Å². The Morgan fingerprint density at radius 2 is 1.31 bits per heavy atom. The molecule has 152 valence electrons. The lowest BCUT2D eigenvalue weighted by atomic mass is 9.56. The number of hydrogen-bond donors (Lipinski definition) is 1. The van der Waals surface area contributed by atoms with Crippen LogP contribution in [0.1, 0.15) is 91.9 Å². The lowest BCUT2D eigenvalue weighted by Gasteiger charge is -2.56. The Morgan fingerprint density at radius 1 is 0.846 bits per heavy atom. The lowest BCUT2D eigenvalue weighted by Crippen LogP contribution is -2.57. The molecule has 0 spiro atoms. The van der Waals surface area contributed by atoms with Crippen molar-refractivity contribution < 1.29 is 14.6 Å². The average Bonchev–Trinajstić information content (AvgIpc) is 2.60. The minimum atomic E-state index is -0.298. The van der Waals surface area contributed by atoms with E-state index < -0.39 is 0 Å². The van der Waals surface area contributed by atoms with Crippen LogP contribution < -0.4 is 0 Å². The van der Waals surface area contributed by atoms with Crippen molar-refractivity contribution in [2.24, 2.45) is 23.7 Å². The Kier molecular flexibility index (Phi) is 7.07. The first-order chi connectivity index (χ1) is 12.4. The minimum absolute atomic E-state index is 0.0698. The third kappa shape index (κ3) is 4.83. The van der Waals surface area contributed by atoms with Crippen molar-refractivity contribution in [2.75, 3.05) is 6.61 Å². The van der Waals surface area contributed by atoms with Gasteiger partial charge in [-0.25, -0.2) is 0 Å². The number of aliphatic hydroxyl groups is 1. The summed E-state index contributed by atoms with van der Waals surface area (Å²) in [4.78, 5) is 0. The van der Waals surface area contributed by atoms with Gasteiger partial charge >= 0.3 is 0 Å². The van der Waals surface area contributed by atoms with Crippen LogP contribution in [0, 0.1) is 23.7 Å². The maximum absolute atomic E-state index is 10.2. The van der Waals surface area contributed by atoms with Crippen molar-refractivity contribution in [3.8, 4) is 0 Å². The molecule has 3 nitrogen and oxygen atoms in total. The van der Waals surface area contributed by atoms with Gasteiger partial charge in [0.2, 0.25) is 0 Å². The zero-order valence-corrected chi connectivity index (χ0v) is 17.6. The van der Waals surface area contributed by atoms with Crippen LogP contribution in [0.5, 0.6) is 0 Å². The van der Waals surface area contributed by atoms with E-state index in [4.69, 9.17) is 9.47 Å². The van der Waals surface area contributed by atoms with Gasteiger partial charge in [-0.05, 0) is 76.5 Å². The van der Waals surface area contributed by atoms with Gasteiger partial charge in [-0.15, -0.1) is 0 Å². The topological polar surface area (TPSA) is 38.7 Å².